The number of nitrogens with zero attached hydrogens (tertiary/aromatic N) is 3. The second-order valence-electron chi connectivity index (χ2n) is 8.09. The Morgan fingerprint density at radius 1 is 1.04 bits per heavy atom. The molecule has 0 amide bonds. The SMILES string of the molecule is CN(C)S(=O)(=O)N1C[C@@H]2C[C@H](C1)[C@@H]1CCC[C@H](c3ccccc3)N1C2. The molecule has 1 aromatic rings. The summed E-state index contributed by atoms with van der Waals surface area (Å²) in [6.07, 6.45) is 4.85. The molecule has 0 aromatic heterocycles. The van der Waals surface area contributed by atoms with Gasteiger partial charge >= 0.3 is 0 Å². The van der Waals surface area contributed by atoms with Crippen molar-refractivity contribution in [3.63, 3.8) is 0 Å². The largest absolute Gasteiger partial charge is 0.293 e. The van der Waals surface area contributed by atoms with Gasteiger partial charge in [0.15, 0.2) is 0 Å². The zero-order chi connectivity index (χ0) is 17.6. The number of piperidine rings is 3. The highest BCUT2D eigenvalue weighted by molar-refractivity contribution is 7.86. The summed E-state index contributed by atoms with van der Waals surface area (Å²) < 4.78 is 28.3. The van der Waals surface area contributed by atoms with Crippen molar-refractivity contribution in [3.8, 4) is 0 Å². The molecule has 3 aliphatic heterocycles. The first-order valence-electron chi connectivity index (χ1n) is 9.45. The predicted octanol–water partition coefficient (Wildman–Crippen LogP) is 2.34. The third-order valence-corrected chi connectivity index (χ3v) is 8.20. The van der Waals surface area contributed by atoms with E-state index in [0.717, 1.165) is 6.54 Å². The molecule has 1 aromatic carbocycles. The Labute approximate surface area is 151 Å². The van der Waals surface area contributed by atoms with Crippen molar-refractivity contribution >= 4 is 10.2 Å². The lowest BCUT2D eigenvalue weighted by atomic mass is 9.74. The zero-order valence-electron chi connectivity index (χ0n) is 15.2. The van der Waals surface area contributed by atoms with Gasteiger partial charge in [0.05, 0.1) is 0 Å². The molecule has 0 spiro atoms. The first-order chi connectivity index (χ1) is 12.0. The molecule has 0 N–H and O–H groups in total. The van der Waals surface area contributed by atoms with E-state index in [1.54, 1.807) is 18.4 Å². The third kappa shape index (κ3) is 3.14. The predicted molar refractivity (Wildman–Crippen MR) is 99.3 cm³/mol. The van der Waals surface area contributed by atoms with Gasteiger partial charge in [-0.2, -0.15) is 17.0 Å². The Bertz CT molecular complexity index is 707. The van der Waals surface area contributed by atoms with Crippen molar-refractivity contribution in [3.05, 3.63) is 35.9 Å². The van der Waals surface area contributed by atoms with Crippen LogP contribution in [0.1, 0.15) is 37.3 Å². The molecule has 4 rings (SSSR count). The molecule has 6 heteroatoms. The lowest BCUT2D eigenvalue weighted by molar-refractivity contribution is -0.0422. The fourth-order valence-electron chi connectivity index (χ4n) is 5.22. The van der Waals surface area contributed by atoms with Crippen LogP contribution >= 0.6 is 0 Å². The van der Waals surface area contributed by atoms with Gasteiger partial charge in [-0.1, -0.05) is 30.3 Å². The number of benzene rings is 1. The summed E-state index contributed by atoms with van der Waals surface area (Å²) in [5.41, 5.74) is 1.42. The Balaban J connectivity index is 1.57. The van der Waals surface area contributed by atoms with E-state index in [0.29, 0.717) is 37.0 Å². The molecule has 0 radical (unpaired) electrons. The van der Waals surface area contributed by atoms with Crippen LogP contribution in [-0.2, 0) is 10.2 Å². The Hall–Kier alpha value is -0.950. The second-order valence-corrected chi connectivity index (χ2v) is 10.2. The second kappa shape index (κ2) is 6.65. The highest BCUT2D eigenvalue weighted by Gasteiger charge is 2.47. The van der Waals surface area contributed by atoms with Crippen LogP contribution in [0.25, 0.3) is 0 Å². The molecule has 4 atom stereocenters. The maximum atomic E-state index is 12.6. The molecule has 3 saturated heterocycles. The topological polar surface area (TPSA) is 43.9 Å². The fourth-order valence-corrected chi connectivity index (χ4v) is 6.46. The quantitative estimate of drug-likeness (QED) is 0.828. The van der Waals surface area contributed by atoms with Gasteiger partial charge in [0, 0.05) is 45.8 Å². The minimum absolute atomic E-state index is 0.453. The maximum Gasteiger partial charge on any atom is 0.281 e. The number of fused-ring (bicyclic) bond motifs is 4. The highest BCUT2D eigenvalue weighted by Crippen LogP contribution is 2.44. The van der Waals surface area contributed by atoms with Crippen LogP contribution in [0.15, 0.2) is 30.3 Å². The van der Waals surface area contributed by atoms with Crippen LogP contribution in [0.5, 0.6) is 0 Å². The van der Waals surface area contributed by atoms with E-state index >= 15 is 0 Å². The molecule has 0 unspecified atom stereocenters. The number of rotatable bonds is 3. The van der Waals surface area contributed by atoms with Crippen LogP contribution in [-0.4, -0.2) is 61.7 Å². The van der Waals surface area contributed by atoms with E-state index < -0.39 is 10.2 Å². The van der Waals surface area contributed by atoms with E-state index in [2.05, 4.69) is 35.2 Å². The average molecular weight is 364 g/mol. The van der Waals surface area contributed by atoms with Gasteiger partial charge in [-0.3, -0.25) is 4.90 Å². The molecule has 0 aliphatic carbocycles. The van der Waals surface area contributed by atoms with Crippen molar-refractivity contribution in [1.29, 1.82) is 0 Å². The normalized spacial score (nSPS) is 34.0. The van der Waals surface area contributed by atoms with Gasteiger partial charge in [0.2, 0.25) is 0 Å². The first-order valence-corrected chi connectivity index (χ1v) is 10.8. The Morgan fingerprint density at radius 2 is 1.80 bits per heavy atom. The zero-order valence-corrected chi connectivity index (χ0v) is 16.0. The lowest BCUT2D eigenvalue weighted by Crippen LogP contribution is -2.61. The molecular formula is C19H29N3O2S. The molecule has 5 nitrogen and oxygen atoms in total. The van der Waals surface area contributed by atoms with E-state index in [-0.39, 0.29) is 0 Å². The molecule has 3 heterocycles. The van der Waals surface area contributed by atoms with Crippen molar-refractivity contribution < 1.29 is 8.42 Å². The Kier molecular flexibility index (Phi) is 4.65. The minimum atomic E-state index is -3.30. The highest BCUT2D eigenvalue weighted by atomic mass is 32.2. The first kappa shape index (κ1) is 17.5. The molecule has 25 heavy (non-hydrogen) atoms. The van der Waals surface area contributed by atoms with E-state index in [4.69, 9.17) is 0 Å². The van der Waals surface area contributed by atoms with Gasteiger partial charge in [0.25, 0.3) is 10.2 Å². The summed E-state index contributed by atoms with van der Waals surface area (Å²) >= 11 is 0. The fraction of sp³-hybridized carbons (Fsp3) is 0.684. The summed E-state index contributed by atoms with van der Waals surface area (Å²) in [6, 6.07) is 11.9. The van der Waals surface area contributed by atoms with Crippen LogP contribution in [0.2, 0.25) is 0 Å². The van der Waals surface area contributed by atoms with Gasteiger partial charge in [-0.25, -0.2) is 0 Å². The van der Waals surface area contributed by atoms with E-state index in [9.17, 15) is 8.42 Å². The molecule has 2 bridgehead atoms. The van der Waals surface area contributed by atoms with Crippen molar-refractivity contribution in [2.24, 2.45) is 11.8 Å². The van der Waals surface area contributed by atoms with Crippen LogP contribution < -0.4 is 0 Å². The molecule has 3 fully saturated rings. The lowest BCUT2D eigenvalue weighted by Gasteiger charge is -2.55. The average Bonchev–Trinajstić information content (AvgIpc) is 2.61. The minimum Gasteiger partial charge on any atom is -0.293 e. The number of hydrogen-bond donors (Lipinski definition) is 0. The van der Waals surface area contributed by atoms with Crippen LogP contribution in [0.3, 0.4) is 0 Å². The summed E-state index contributed by atoms with van der Waals surface area (Å²) in [7, 11) is -0.0234. The monoisotopic (exact) mass is 363 g/mol. The third-order valence-electron chi connectivity index (χ3n) is 6.33. The maximum absolute atomic E-state index is 12.6. The summed E-state index contributed by atoms with van der Waals surface area (Å²) in [6.45, 7) is 2.38. The van der Waals surface area contributed by atoms with Gasteiger partial charge < -0.3 is 0 Å². The van der Waals surface area contributed by atoms with Crippen molar-refractivity contribution in [2.75, 3.05) is 33.7 Å². The summed E-state index contributed by atoms with van der Waals surface area (Å²) in [5.74, 6) is 0.919. The number of hydrogen-bond acceptors (Lipinski definition) is 3. The smallest absolute Gasteiger partial charge is 0.281 e. The van der Waals surface area contributed by atoms with Gasteiger partial charge in [-0.05, 0) is 43.1 Å². The Morgan fingerprint density at radius 3 is 2.52 bits per heavy atom. The van der Waals surface area contributed by atoms with Crippen LogP contribution in [0, 0.1) is 11.8 Å². The molecular weight excluding hydrogens is 334 g/mol. The summed E-state index contributed by atoms with van der Waals surface area (Å²) in [4.78, 5) is 2.71. The van der Waals surface area contributed by atoms with E-state index in [1.807, 2.05) is 0 Å². The molecule has 0 saturated carbocycles. The molecule has 3 aliphatic rings. The van der Waals surface area contributed by atoms with Crippen molar-refractivity contribution in [2.45, 2.75) is 37.8 Å². The van der Waals surface area contributed by atoms with E-state index in [1.165, 1.54) is 35.6 Å². The van der Waals surface area contributed by atoms with Gasteiger partial charge in [-0.15, -0.1) is 0 Å². The summed E-state index contributed by atoms with van der Waals surface area (Å²) in [5, 5.41) is 0. The van der Waals surface area contributed by atoms with Crippen molar-refractivity contribution in [1.82, 2.24) is 13.5 Å². The van der Waals surface area contributed by atoms with Gasteiger partial charge in [0.1, 0.15) is 0 Å². The standard InChI is InChI=1S/C19H29N3O2S/c1-20(2)25(23,24)21-12-15-11-17(14-21)19-10-6-9-18(22(19)13-15)16-7-4-3-5-8-16/h3-5,7-8,15,17-19H,6,9-14H2,1-2H3/t15-,17+,18+,19-/m0/s1. The van der Waals surface area contributed by atoms with Crippen LogP contribution in [0.4, 0.5) is 0 Å². The molecule has 138 valence electrons.